The van der Waals surface area contributed by atoms with Crippen molar-refractivity contribution in [3.8, 4) is 0 Å². The zero-order valence-electron chi connectivity index (χ0n) is 16.5. The fraction of sp³-hybridized carbons (Fsp3) is 0.619. The molecule has 2 amide bonds. The van der Waals surface area contributed by atoms with Crippen LogP contribution in [0.2, 0.25) is 0 Å². The molecule has 1 fully saturated rings. The Morgan fingerprint density at radius 3 is 2.74 bits per heavy atom. The lowest BCUT2D eigenvalue weighted by Crippen LogP contribution is -2.65. The molecule has 0 radical (unpaired) electrons. The molecule has 1 N–H and O–H groups in total. The molecule has 0 aromatic carbocycles. The second-order valence-electron chi connectivity index (χ2n) is 8.26. The predicted molar refractivity (Wildman–Crippen MR) is 104 cm³/mol. The minimum absolute atomic E-state index is 0.0380. The van der Waals surface area contributed by atoms with Crippen LogP contribution in [0, 0.1) is 6.92 Å². The molecule has 1 atom stereocenters. The Hall–Kier alpha value is -2.24. The number of fused-ring (bicyclic) bond motifs is 3. The van der Waals surface area contributed by atoms with E-state index in [0.717, 1.165) is 43.4 Å². The smallest absolute Gasteiger partial charge is 0.271 e. The van der Waals surface area contributed by atoms with Crippen LogP contribution in [0.4, 0.5) is 0 Å². The number of nitrogens with zero attached hydrogens (tertiary/aromatic N) is 2. The summed E-state index contributed by atoms with van der Waals surface area (Å²) in [7, 11) is 0. The maximum Gasteiger partial charge on any atom is 0.271 e. The lowest BCUT2D eigenvalue weighted by atomic mass is 9.91. The van der Waals surface area contributed by atoms with E-state index in [1.807, 2.05) is 37.5 Å². The van der Waals surface area contributed by atoms with Gasteiger partial charge in [-0.05, 0) is 33.1 Å². The third-order valence-electron chi connectivity index (χ3n) is 6.12. The summed E-state index contributed by atoms with van der Waals surface area (Å²) >= 11 is 0. The Balaban J connectivity index is 1.70. The number of amides is 2. The van der Waals surface area contributed by atoms with Crippen molar-refractivity contribution in [3.63, 3.8) is 0 Å². The molecule has 6 nitrogen and oxygen atoms in total. The normalized spacial score (nSPS) is 23.7. The summed E-state index contributed by atoms with van der Waals surface area (Å²) in [5.74, 6) is 0.685. The highest BCUT2D eigenvalue weighted by molar-refractivity contribution is 6.03. The van der Waals surface area contributed by atoms with Crippen molar-refractivity contribution in [1.29, 1.82) is 0 Å². The predicted octanol–water partition coefficient (Wildman–Crippen LogP) is 3.62. The number of rotatable bonds is 4. The van der Waals surface area contributed by atoms with E-state index >= 15 is 0 Å². The van der Waals surface area contributed by atoms with E-state index in [9.17, 15) is 9.59 Å². The molecule has 1 aliphatic carbocycles. The Labute approximate surface area is 159 Å². The van der Waals surface area contributed by atoms with Crippen LogP contribution in [0.3, 0.4) is 0 Å². The zero-order valence-corrected chi connectivity index (χ0v) is 16.5. The topological polar surface area (TPSA) is 67.5 Å². The molecule has 0 spiro atoms. The van der Waals surface area contributed by atoms with Crippen LogP contribution in [0.15, 0.2) is 16.5 Å². The highest BCUT2D eigenvalue weighted by Gasteiger charge is 2.48. The van der Waals surface area contributed by atoms with Crippen LogP contribution in [-0.4, -0.2) is 39.4 Å². The number of hydrogen-bond donors (Lipinski definition) is 1. The lowest BCUT2D eigenvalue weighted by Gasteiger charge is -2.44. The molecule has 3 heterocycles. The number of furan rings is 1. The molecule has 27 heavy (non-hydrogen) atoms. The molecule has 1 aliphatic heterocycles. The summed E-state index contributed by atoms with van der Waals surface area (Å²) in [4.78, 5) is 28.4. The molecule has 2 aromatic heterocycles. The zero-order chi connectivity index (χ0) is 19.2. The summed E-state index contributed by atoms with van der Waals surface area (Å²) < 4.78 is 7.68. The van der Waals surface area contributed by atoms with Crippen molar-refractivity contribution in [3.05, 3.63) is 23.6 Å². The van der Waals surface area contributed by atoms with Crippen LogP contribution in [0.1, 0.15) is 68.6 Å². The molecule has 146 valence electrons. The molecule has 4 rings (SSSR count). The molecular formula is C21H29N3O3. The van der Waals surface area contributed by atoms with Gasteiger partial charge in [-0.25, -0.2) is 0 Å². The van der Waals surface area contributed by atoms with Gasteiger partial charge < -0.3 is 19.2 Å². The molecule has 0 unspecified atom stereocenters. The quantitative estimate of drug-likeness (QED) is 0.893. The van der Waals surface area contributed by atoms with Gasteiger partial charge in [-0.1, -0.05) is 26.2 Å². The fourth-order valence-corrected chi connectivity index (χ4v) is 4.62. The molecule has 0 saturated heterocycles. The van der Waals surface area contributed by atoms with E-state index in [1.54, 1.807) is 4.90 Å². The van der Waals surface area contributed by atoms with E-state index < -0.39 is 5.54 Å². The Kier molecular flexibility index (Phi) is 4.52. The van der Waals surface area contributed by atoms with Crippen molar-refractivity contribution >= 4 is 22.9 Å². The van der Waals surface area contributed by atoms with Crippen molar-refractivity contribution < 1.29 is 14.0 Å². The number of aromatic nitrogens is 1. The maximum absolute atomic E-state index is 13.4. The van der Waals surface area contributed by atoms with Crippen LogP contribution >= 0.6 is 0 Å². The monoisotopic (exact) mass is 371 g/mol. The van der Waals surface area contributed by atoms with Crippen LogP contribution in [0.25, 0.3) is 11.1 Å². The third kappa shape index (κ3) is 2.95. The van der Waals surface area contributed by atoms with E-state index in [0.29, 0.717) is 24.4 Å². The summed E-state index contributed by atoms with van der Waals surface area (Å²) in [6.07, 6.45) is 6.45. The largest absolute Gasteiger partial charge is 0.460 e. The van der Waals surface area contributed by atoms with E-state index in [1.165, 1.54) is 6.42 Å². The van der Waals surface area contributed by atoms with Crippen LogP contribution < -0.4 is 5.32 Å². The van der Waals surface area contributed by atoms with Gasteiger partial charge in [0.15, 0.2) is 5.58 Å². The second-order valence-corrected chi connectivity index (χ2v) is 8.26. The number of carbonyl (C=O) groups is 2. The van der Waals surface area contributed by atoms with Crippen molar-refractivity contribution in [2.45, 2.75) is 77.4 Å². The third-order valence-corrected chi connectivity index (χ3v) is 6.12. The molecule has 0 bridgehead atoms. The number of nitrogens with one attached hydrogen (secondary N) is 1. The van der Waals surface area contributed by atoms with E-state index in [-0.39, 0.29) is 17.9 Å². The van der Waals surface area contributed by atoms with E-state index in [2.05, 4.69) is 5.32 Å². The number of hydrogen-bond acceptors (Lipinski definition) is 3. The minimum atomic E-state index is -0.894. The second kappa shape index (κ2) is 6.73. The van der Waals surface area contributed by atoms with Gasteiger partial charge in [0.1, 0.15) is 17.0 Å². The Morgan fingerprint density at radius 2 is 2.04 bits per heavy atom. The van der Waals surface area contributed by atoms with Gasteiger partial charge in [-0.3, -0.25) is 9.59 Å². The van der Waals surface area contributed by atoms with Crippen molar-refractivity contribution in [2.75, 3.05) is 6.54 Å². The minimum Gasteiger partial charge on any atom is -0.460 e. The van der Waals surface area contributed by atoms with Crippen molar-refractivity contribution in [1.82, 2.24) is 14.8 Å². The number of aryl methyl sites for hydroxylation is 1. The van der Waals surface area contributed by atoms with Gasteiger partial charge in [-0.15, -0.1) is 0 Å². The summed E-state index contributed by atoms with van der Waals surface area (Å²) in [6.45, 7) is 6.86. The maximum atomic E-state index is 13.4. The molecule has 2 aromatic rings. The highest BCUT2D eigenvalue weighted by Crippen LogP contribution is 2.34. The first-order valence-electron chi connectivity index (χ1n) is 10.2. The van der Waals surface area contributed by atoms with Gasteiger partial charge in [0.2, 0.25) is 5.91 Å². The van der Waals surface area contributed by atoms with Gasteiger partial charge in [-0.2, -0.15) is 0 Å². The molecular weight excluding hydrogens is 342 g/mol. The highest BCUT2D eigenvalue weighted by atomic mass is 16.3. The first-order valence-corrected chi connectivity index (χ1v) is 10.2. The van der Waals surface area contributed by atoms with Gasteiger partial charge in [0.25, 0.3) is 5.91 Å². The van der Waals surface area contributed by atoms with Crippen molar-refractivity contribution in [2.24, 2.45) is 0 Å². The standard InChI is InChI=1S/C21H29N3O3/c1-4-10-24-19(25)17-12-18-16(11-14(2)27-18)23(17)13-21(24,3)20(26)22-15-8-6-5-7-9-15/h11-12,15H,4-10,13H2,1-3H3,(H,22,26)/t21-/m1/s1. The van der Waals surface area contributed by atoms with E-state index in [4.69, 9.17) is 4.42 Å². The van der Waals surface area contributed by atoms with Gasteiger partial charge >= 0.3 is 0 Å². The summed E-state index contributed by atoms with van der Waals surface area (Å²) in [5.41, 5.74) is 1.32. The SMILES string of the molecule is CCCN1C(=O)c2cc3oc(C)cc3n2C[C@]1(C)C(=O)NC1CCCCC1. The lowest BCUT2D eigenvalue weighted by molar-refractivity contribution is -0.133. The summed E-state index contributed by atoms with van der Waals surface area (Å²) in [5, 5.41) is 3.24. The first kappa shape index (κ1) is 18.1. The Morgan fingerprint density at radius 1 is 1.30 bits per heavy atom. The van der Waals surface area contributed by atoms with Gasteiger partial charge in [0, 0.05) is 24.7 Å². The fourth-order valence-electron chi connectivity index (χ4n) is 4.62. The average Bonchev–Trinajstić information content (AvgIpc) is 3.16. The first-order chi connectivity index (χ1) is 12.9. The summed E-state index contributed by atoms with van der Waals surface area (Å²) in [6, 6.07) is 3.98. The molecule has 6 heteroatoms. The Bertz CT molecular complexity index is 875. The van der Waals surface area contributed by atoms with Crippen LogP contribution in [-0.2, 0) is 11.3 Å². The van der Waals surface area contributed by atoms with Crippen LogP contribution in [0.5, 0.6) is 0 Å². The molecule has 1 saturated carbocycles. The molecule has 2 aliphatic rings. The average molecular weight is 371 g/mol. The van der Waals surface area contributed by atoms with Gasteiger partial charge in [0.05, 0.1) is 12.1 Å². The number of carbonyl (C=O) groups excluding carboxylic acids is 2.